The van der Waals surface area contributed by atoms with Gasteiger partial charge in [-0.3, -0.25) is 0 Å². The van der Waals surface area contributed by atoms with Crippen molar-refractivity contribution in [3.63, 3.8) is 0 Å². The van der Waals surface area contributed by atoms with E-state index >= 15 is 0 Å². The summed E-state index contributed by atoms with van der Waals surface area (Å²) >= 11 is 14.3. The third-order valence-electron chi connectivity index (χ3n) is 5.11. The molecule has 2 aliphatic carbocycles. The zero-order valence-electron chi connectivity index (χ0n) is 12.3. The molecule has 0 fully saturated rings. The first-order valence-corrected chi connectivity index (χ1v) is 9.48. The van der Waals surface area contributed by atoms with Gasteiger partial charge in [0.2, 0.25) is 0 Å². The summed E-state index contributed by atoms with van der Waals surface area (Å²) in [7, 11) is 0. The van der Waals surface area contributed by atoms with E-state index in [0.29, 0.717) is 5.15 Å². The molecule has 1 spiro atoms. The maximum Gasteiger partial charge on any atom is 0.188 e. The van der Waals surface area contributed by atoms with Crippen molar-refractivity contribution >= 4 is 35.0 Å². The predicted octanol–water partition coefficient (Wildman–Crippen LogP) is 4.88. The molecule has 0 amide bonds. The molecular weight excluding hydrogens is 335 g/mol. The first-order valence-electron chi connectivity index (χ1n) is 7.50. The Bertz CT molecular complexity index is 763. The molecule has 0 saturated heterocycles. The van der Waals surface area contributed by atoms with Crippen LogP contribution in [0.2, 0.25) is 10.2 Å². The van der Waals surface area contributed by atoms with Crippen LogP contribution in [0.3, 0.4) is 0 Å². The lowest BCUT2D eigenvalue weighted by molar-refractivity contribution is 0.361. The van der Waals surface area contributed by atoms with Gasteiger partial charge in [-0.2, -0.15) is 0 Å². The summed E-state index contributed by atoms with van der Waals surface area (Å²) < 4.78 is 0. The van der Waals surface area contributed by atoms with E-state index in [1.165, 1.54) is 11.1 Å². The van der Waals surface area contributed by atoms with Crippen molar-refractivity contribution in [3.8, 4) is 0 Å². The number of thioether (sulfide) groups is 1. The second-order valence-electron chi connectivity index (χ2n) is 6.15. The van der Waals surface area contributed by atoms with E-state index in [4.69, 9.17) is 28.2 Å². The van der Waals surface area contributed by atoms with Gasteiger partial charge in [0.25, 0.3) is 0 Å². The molecule has 0 aliphatic heterocycles. The van der Waals surface area contributed by atoms with Gasteiger partial charge in [0.15, 0.2) is 5.16 Å². The summed E-state index contributed by atoms with van der Waals surface area (Å²) in [6.07, 6.45) is 7.22. The number of hydrogen-bond donors (Lipinski definition) is 0. The molecule has 0 bridgehead atoms. The largest absolute Gasteiger partial charge is 0.227 e. The molecular formula is C17H16Cl2N2S. The van der Waals surface area contributed by atoms with Gasteiger partial charge in [-0.1, -0.05) is 47.1 Å². The predicted molar refractivity (Wildman–Crippen MR) is 92.3 cm³/mol. The standard InChI is InChI=1S/C17H16Cl2N2S/c1-22-16-20-14-9-17(8-6-11(14)15(19)21-16)7-5-10-12(17)3-2-4-13(10)18/h2-4H,5-9H2,1H3. The number of rotatable bonds is 1. The Labute approximate surface area is 144 Å². The van der Waals surface area contributed by atoms with Gasteiger partial charge >= 0.3 is 0 Å². The van der Waals surface area contributed by atoms with Gasteiger partial charge in [-0.15, -0.1) is 0 Å². The van der Waals surface area contributed by atoms with E-state index in [1.54, 1.807) is 11.8 Å². The fourth-order valence-electron chi connectivity index (χ4n) is 3.99. The number of benzene rings is 1. The molecule has 114 valence electrons. The van der Waals surface area contributed by atoms with E-state index in [-0.39, 0.29) is 5.41 Å². The molecule has 1 atom stereocenters. The van der Waals surface area contributed by atoms with Crippen LogP contribution in [0.25, 0.3) is 0 Å². The van der Waals surface area contributed by atoms with Crippen molar-refractivity contribution in [1.82, 2.24) is 9.97 Å². The molecule has 0 N–H and O–H groups in total. The number of aromatic nitrogens is 2. The quantitative estimate of drug-likeness (QED) is 0.416. The summed E-state index contributed by atoms with van der Waals surface area (Å²) in [5.41, 5.74) is 5.20. The van der Waals surface area contributed by atoms with Crippen molar-refractivity contribution in [2.24, 2.45) is 0 Å². The van der Waals surface area contributed by atoms with Crippen molar-refractivity contribution in [2.75, 3.05) is 6.26 Å². The molecule has 5 heteroatoms. The van der Waals surface area contributed by atoms with Gasteiger partial charge in [0.1, 0.15) is 5.15 Å². The third-order valence-corrected chi connectivity index (χ3v) is 6.32. The Hall–Kier alpha value is -0.770. The molecule has 0 radical (unpaired) electrons. The van der Waals surface area contributed by atoms with E-state index < -0.39 is 0 Å². The highest BCUT2D eigenvalue weighted by Gasteiger charge is 2.43. The maximum atomic E-state index is 6.40. The highest BCUT2D eigenvalue weighted by atomic mass is 35.5. The average Bonchev–Trinajstić information content (AvgIpc) is 2.87. The topological polar surface area (TPSA) is 25.8 Å². The minimum Gasteiger partial charge on any atom is -0.227 e. The lowest BCUT2D eigenvalue weighted by Crippen LogP contribution is -2.32. The minimum atomic E-state index is 0.181. The Balaban J connectivity index is 1.80. The SMILES string of the molecule is CSc1nc(Cl)c2c(n1)CC1(CCc3c(Cl)cccc31)CC2. The van der Waals surface area contributed by atoms with Crippen LogP contribution >= 0.6 is 35.0 Å². The molecule has 4 rings (SSSR count). The first-order chi connectivity index (χ1) is 10.6. The van der Waals surface area contributed by atoms with Crippen LogP contribution in [0.4, 0.5) is 0 Å². The lowest BCUT2D eigenvalue weighted by atomic mass is 9.70. The fraction of sp³-hybridized carbons (Fsp3) is 0.412. The maximum absolute atomic E-state index is 6.40. The van der Waals surface area contributed by atoms with Crippen LogP contribution in [0, 0.1) is 0 Å². The monoisotopic (exact) mass is 350 g/mol. The van der Waals surface area contributed by atoms with E-state index in [1.807, 2.05) is 12.3 Å². The molecule has 2 nitrogen and oxygen atoms in total. The van der Waals surface area contributed by atoms with Crippen molar-refractivity contribution in [2.45, 2.75) is 42.7 Å². The highest BCUT2D eigenvalue weighted by Crippen LogP contribution is 2.49. The highest BCUT2D eigenvalue weighted by molar-refractivity contribution is 7.98. The lowest BCUT2D eigenvalue weighted by Gasteiger charge is -2.35. The summed E-state index contributed by atoms with van der Waals surface area (Å²) in [6, 6.07) is 6.32. The molecule has 2 aliphatic rings. The number of fused-ring (bicyclic) bond motifs is 3. The Morgan fingerprint density at radius 2 is 1.86 bits per heavy atom. The van der Waals surface area contributed by atoms with Gasteiger partial charge in [-0.05, 0) is 55.6 Å². The molecule has 1 heterocycles. The fourth-order valence-corrected chi connectivity index (χ4v) is 4.98. The summed E-state index contributed by atoms with van der Waals surface area (Å²) in [5.74, 6) is 0. The molecule has 2 aromatic rings. The molecule has 1 unspecified atom stereocenters. The summed E-state index contributed by atoms with van der Waals surface area (Å²) in [4.78, 5) is 9.12. The Morgan fingerprint density at radius 3 is 2.64 bits per heavy atom. The van der Waals surface area contributed by atoms with Gasteiger partial charge < -0.3 is 0 Å². The van der Waals surface area contributed by atoms with Crippen LogP contribution in [-0.4, -0.2) is 16.2 Å². The second kappa shape index (κ2) is 5.40. The summed E-state index contributed by atoms with van der Waals surface area (Å²) in [6.45, 7) is 0. The van der Waals surface area contributed by atoms with Gasteiger partial charge in [0.05, 0.1) is 5.69 Å². The molecule has 1 aromatic carbocycles. The number of halogens is 2. The zero-order chi connectivity index (χ0) is 15.3. The van der Waals surface area contributed by atoms with Crippen LogP contribution < -0.4 is 0 Å². The van der Waals surface area contributed by atoms with Crippen molar-refractivity contribution < 1.29 is 0 Å². The van der Waals surface area contributed by atoms with Crippen LogP contribution in [0.1, 0.15) is 35.2 Å². The number of nitrogens with zero attached hydrogens (tertiary/aromatic N) is 2. The van der Waals surface area contributed by atoms with Crippen molar-refractivity contribution in [3.05, 3.63) is 50.8 Å². The van der Waals surface area contributed by atoms with E-state index in [2.05, 4.69) is 17.1 Å². The molecule has 22 heavy (non-hydrogen) atoms. The minimum absolute atomic E-state index is 0.181. The van der Waals surface area contributed by atoms with E-state index in [0.717, 1.165) is 53.5 Å². The Kier molecular flexibility index (Phi) is 3.63. The average molecular weight is 351 g/mol. The zero-order valence-corrected chi connectivity index (χ0v) is 14.7. The smallest absolute Gasteiger partial charge is 0.188 e. The van der Waals surface area contributed by atoms with Crippen LogP contribution in [-0.2, 0) is 24.7 Å². The molecule has 1 aromatic heterocycles. The van der Waals surface area contributed by atoms with Gasteiger partial charge in [-0.25, -0.2) is 9.97 Å². The van der Waals surface area contributed by atoms with Gasteiger partial charge in [0, 0.05) is 16.0 Å². The first kappa shape index (κ1) is 14.8. The Morgan fingerprint density at radius 1 is 1.09 bits per heavy atom. The number of hydrogen-bond acceptors (Lipinski definition) is 3. The van der Waals surface area contributed by atoms with E-state index in [9.17, 15) is 0 Å². The second-order valence-corrected chi connectivity index (χ2v) is 7.69. The normalized spacial score (nSPS) is 22.7. The van der Waals surface area contributed by atoms with Crippen LogP contribution in [0.15, 0.2) is 23.4 Å². The van der Waals surface area contributed by atoms with Crippen molar-refractivity contribution in [1.29, 1.82) is 0 Å². The summed E-state index contributed by atoms with van der Waals surface area (Å²) in [5, 5.41) is 2.31. The molecule has 0 saturated carbocycles. The van der Waals surface area contributed by atoms with Crippen LogP contribution in [0.5, 0.6) is 0 Å². The third kappa shape index (κ3) is 2.17.